The van der Waals surface area contributed by atoms with Crippen LogP contribution in [0.25, 0.3) is 0 Å². The van der Waals surface area contributed by atoms with Crippen molar-refractivity contribution in [2.45, 2.75) is 84.4 Å². The molecule has 2 aromatic carbocycles. The zero-order valence-corrected chi connectivity index (χ0v) is 24.9. The highest BCUT2D eigenvalue weighted by molar-refractivity contribution is 6.00. The predicted molar refractivity (Wildman–Crippen MR) is 164 cm³/mol. The van der Waals surface area contributed by atoms with E-state index in [1.54, 1.807) is 11.0 Å². The number of hydrogen-bond donors (Lipinski definition) is 5. The Bertz CT molecular complexity index is 1080. The van der Waals surface area contributed by atoms with Crippen molar-refractivity contribution in [3.05, 3.63) is 59.7 Å². The van der Waals surface area contributed by atoms with Crippen LogP contribution in [0.2, 0.25) is 0 Å². The molecule has 5 N–H and O–H groups in total. The van der Waals surface area contributed by atoms with E-state index in [0.717, 1.165) is 36.2 Å². The van der Waals surface area contributed by atoms with Crippen molar-refractivity contribution >= 4 is 29.7 Å². The maximum atomic E-state index is 13.5. The number of amides is 2. The molecule has 0 bridgehead atoms. The van der Waals surface area contributed by atoms with Crippen LogP contribution in [0.5, 0.6) is 0 Å². The minimum absolute atomic E-state index is 0.0796. The molecule has 1 fully saturated rings. The molecule has 1 heterocycles. The normalized spacial score (nSPS) is 15.1. The zero-order valence-electron chi connectivity index (χ0n) is 24.9. The fourth-order valence-electron chi connectivity index (χ4n) is 4.93. The van der Waals surface area contributed by atoms with Gasteiger partial charge in [-0.25, -0.2) is 0 Å². The number of carbonyl (C=O) groups is 3. The lowest BCUT2D eigenvalue weighted by Gasteiger charge is -2.27. The first-order valence-corrected chi connectivity index (χ1v) is 14.7. The molecule has 0 aromatic heterocycles. The summed E-state index contributed by atoms with van der Waals surface area (Å²) in [5.74, 6) is 0.506. The molecule has 0 spiro atoms. The van der Waals surface area contributed by atoms with E-state index in [0.29, 0.717) is 44.0 Å². The van der Waals surface area contributed by atoms with Gasteiger partial charge in [0, 0.05) is 49.0 Å². The van der Waals surface area contributed by atoms with Gasteiger partial charge in [0.15, 0.2) is 0 Å². The second-order valence-electron chi connectivity index (χ2n) is 11.0. The zero-order chi connectivity index (χ0) is 30.2. The first-order chi connectivity index (χ1) is 19.7. The average molecular weight is 569 g/mol. The lowest BCUT2D eigenvalue weighted by molar-refractivity contribution is -0.123. The SMILES string of the molecule is CCNc1cc(C(=O)NC(Cc2ccccc2)[C@H](O)CN[C@@H](C)CCCC(C)C)cc(N2CCCC2=O)c1.O=CO. The van der Waals surface area contributed by atoms with Gasteiger partial charge in [-0.2, -0.15) is 0 Å². The largest absolute Gasteiger partial charge is 0.483 e. The first kappa shape index (κ1) is 33.8. The number of nitrogens with zero attached hydrogens (tertiary/aromatic N) is 1. The van der Waals surface area contributed by atoms with E-state index in [1.807, 2.05) is 49.4 Å². The Kier molecular flexibility index (Phi) is 14.9. The number of anilines is 2. The Hall–Kier alpha value is -3.43. The molecule has 0 aliphatic carbocycles. The smallest absolute Gasteiger partial charge is 0.290 e. The van der Waals surface area contributed by atoms with Crippen molar-refractivity contribution in [1.29, 1.82) is 0 Å². The topological polar surface area (TPSA) is 131 Å². The Morgan fingerprint density at radius 1 is 1.10 bits per heavy atom. The molecule has 2 aromatic rings. The first-order valence-electron chi connectivity index (χ1n) is 14.7. The summed E-state index contributed by atoms with van der Waals surface area (Å²) in [6.45, 7) is 10.1. The summed E-state index contributed by atoms with van der Waals surface area (Å²) in [6.07, 6.45) is 4.50. The molecule has 9 nitrogen and oxygen atoms in total. The maximum absolute atomic E-state index is 13.5. The summed E-state index contributed by atoms with van der Waals surface area (Å²) in [7, 11) is 0. The van der Waals surface area contributed by atoms with E-state index in [4.69, 9.17) is 9.90 Å². The van der Waals surface area contributed by atoms with Crippen LogP contribution in [0.3, 0.4) is 0 Å². The van der Waals surface area contributed by atoms with Crippen LogP contribution in [0.15, 0.2) is 48.5 Å². The van der Waals surface area contributed by atoms with Gasteiger partial charge in [0.05, 0.1) is 12.1 Å². The van der Waals surface area contributed by atoms with Crippen molar-refractivity contribution in [2.24, 2.45) is 5.92 Å². The van der Waals surface area contributed by atoms with Gasteiger partial charge in [-0.3, -0.25) is 14.4 Å². The molecule has 41 heavy (non-hydrogen) atoms. The van der Waals surface area contributed by atoms with Crippen LogP contribution in [-0.4, -0.2) is 66.3 Å². The lowest BCUT2D eigenvalue weighted by Crippen LogP contribution is -2.49. The predicted octanol–water partition coefficient (Wildman–Crippen LogP) is 4.45. The van der Waals surface area contributed by atoms with E-state index in [-0.39, 0.29) is 24.3 Å². The molecule has 1 aliphatic heterocycles. The molecular formula is C32H48N4O5. The fourth-order valence-corrected chi connectivity index (χ4v) is 4.93. The van der Waals surface area contributed by atoms with Gasteiger partial charge >= 0.3 is 0 Å². The van der Waals surface area contributed by atoms with Crippen molar-refractivity contribution in [2.75, 3.05) is 29.9 Å². The quantitative estimate of drug-likeness (QED) is 0.201. The van der Waals surface area contributed by atoms with E-state index in [2.05, 4.69) is 36.7 Å². The number of carbonyl (C=O) groups excluding carboxylic acids is 2. The second kappa shape index (κ2) is 18.1. The van der Waals surface area contributed by atoms with Crippen molar-refractivity contribution in [1.82, 2.24) is 10.6 Å². The highest BCUT2D eigenvalue weighted by Gasteiger charge is 2.26. The Labute approximate surface area is 244 Å². The molecule has 0 radical (unpaired) electrons. The molecule has 0 saturated carbocycles. The van der Waals surface area contributed by atoms with Gasteiger partial charge in [-0.1, -0.05) is 57.0 Å². The third kappa shape index (κ3) is 11.9. The number of rotatable bonds is 15. The number of benzene rings is 2. The highest BCUT2D eigenvalue weighted by Crippen LogP contribution is 2.27. The second-order valence-corrected chi connectivity index (χ2v) is 11.0. The fraction of sp³-hybridized carbons (Fsp3) is 0.531. The molecule has 226 valence electrons. The van der Waals surface area contributed by atoms with Gasteiger partial charge in [0.2, 0.25) is 5.91 Å². The van der Waals surface area contributed by atoms with Crippen LogP contribution in [0, 0.1) is 5.92 Å². The average Bonchev–Trinajstić information content (AvgIpc) is 3.38. The summed E-state index contributed by atoms with van der Waals surface area (Å²) < 4.78 is 0. The standard InChI is InChI=1S/C31H46N4O3.CH2O2/c1-5-32-26-18-25(19-27(20-26)35-16-10-15-30(35)37)31(38)34-28(17-24-13-7-6-8-14-24)29(36)21-33-23(4)12-9-11-22(2)3;2-1-3/h6-8,13-14,18-20,22-23,28-29,32-33,36H,5,9-12,15-17,21H2,1-4H3,(H,34,38);1H,(H,2,3)/t23-,28?,29+;/m0./s1. The number of nitrogens with one attached hydrogen (secondary N) is 3. The van der Waals surface area contributed by atoms with E-state index >= 15 is 0 Å². The number of aliphatic hydroxyl groups excluding tert-OH is 1. The van der Waals surface area contributed by atoms with E-state index in [1.165, 1.54) is 6.42 Å². The highest BCUT2D eigenvalue weighted by atomic mass is 16.3. The van der Waals surface area contributed by atoms with Gasteiger partial charge in [-0.05, 0) is 62.8 Å². The molecule has 1 aliphatic rings. The van der Waals surface area contributed by atoms with Crippen LogP contribution in [-0.2, 0) is 16.0 Å². The summed E-state index contributed by atoms with van der Waals surface area (Å²) in [5, 5.41) is 27.9. The maximum Gasteiger partial charge on any atom is 0.290 e. The van der Waals surface area contributed by atoms with E-state index in [9.17, 15) is 14.7 Å². The summed E-state index contributed by atoms with van der Waals surface area (Å²) in [5.41, 5.74) is 3.05. The Morgan fingerprint density at radius 2 is 1.80 bits per heavy atom. The van der Waals surface area contributed by atoms with Gasteiger partial charge in [0.25, 0.3) is 12.4 Å². The van der Waals surface area contributed by atoms with Crippen molar-refractivity contribution in [3.63, 3.8) is 0 Å². The van der Waals surface area contributed by atoms with Crippen LogP contribution < -0.4 is 20.9 Å². The molecule has 9 heteroatoms. The molecule has 1 unspecified atom stereocenters. The van der Waals surface area contributed by atoms with Gasteiger partial charge in [-0.15, -0.1) is 0 Å². The molecule has 3 atom stereocenters. The monoisotopic (exact) mass is 568 g/mol. The minimum atomic E-state index is -0.761. The lowest BCUT2D eigenvalue weighted by atomic mass is 9.99. The number of carboxylic acid groups (broad SMARTS) is 1. The third-order valence-electron chi connectivity index (χ3n) is 7.12. The van der Waals surface area contributed by atoms with E-state index < -0.39 is 12.1 Å². The Balaban J connectivity index is 0.00000187. The molecule has 2 amide bonds. The third-order valence-corrected chi connectivity index (χ3v) is 7.12. The van der Waals surface area contributed by atoms with Crippen molar-refractivity contribution in [3.8, 4) is 0 Å². The molecule has 1 saturated heterocycles. The number of aliphatic hydroxyl groups is 1. The summed E-state index contributed by atoms with van der Waals surface area (Å²) >= 11 is 0. The van der Waals surface area contributed by atoms with Crippen LogP contribution >= 0.6 is 0 Å². The minimum Gasteiger partial charge on any atom is -0.483 e. The van der Waals surface area contributed by atoms with Crippen LogP contribution in [0.1, 0.15) is 75.7 Å². The van der Waals surface area contributed by atoms with Crippen LogP contribution in [0.4, 0.5) is 11.4 Å². The van der Waals surface area contributed by atoms with Gasteiger partial charge < -0.3 is 31.1 Å². The van der Waals surface area contributed by atoms with Gasteiger partial charge in [0.1, 0.15) is 0 Å². The number of hydrogen-bond acceptors (Lipinski definition) is 6. The molecular weight excluding hydrogens is 520 g/mol. The summed E-state index contributed by atoms with van der Waals surface area (Å²) in [6, 6.07) is 15.2. The summed E-state index contributed by atoms with van der Waals surface area (Å²) in [4.78, 5) is 36.0. The van der Waals surface area contributed by atoms with Crippen molar-refractivity contribution < 1.29 is 24.6 Å². The Morgan fingerprint density at radius 3 is 2.41 bits per heavy atom. The molecule has 3 rings (SSSR count).